The standard InChI is InChI=1S/C15H19F2NO/c1-3-11-6-4-5-9-18(11)15(19)12-8-7-10(2)13(16)14(12)17/h7-8,11H,3-6,9H2,1-2H3/t11-/m0/s1. The lowest BCUT2D eigenvalue weighted by Gasteiger charge is -2.35. The molecule has 0 unspecified atom stereocenters. The molecule has 0 N–H and O–H groups in total. The van der Waals surface area contributed by atoms with Crippen LogP contribution in [0.5, 0.6) is 0 Å². The first-order chi connectivity index (χ1) is 9.06. The Morgan fingerprint density at radius 1 is 1.32 bits per heavy atom. The topological polar surface area (TPSA) is 20.3 Å². The molecular formula is C15H19F2NO. The van der Waals surface area contributed by atoms with Gasteiger partial charge in [-0.05, 0) is 44.2 Å². The predicted molar refractivity (Wildman–Crippen MR) is 70.1 cm³/mol. The molecule has 1 fully saturated rings. The number of hydrogen-bond acceptors (Lipinski definition) is 1. The minimum absolute atomic E-state index is 0.144. The highest BCUT2D eigenvalue weighted by Crippen LogP contribution is 2.24. The molecule has 0 spiro atoms. The van der Waals surface area contributed by atoms with Gasteiger partial charge in [-0.1, -0.05) is 13.0 Å². The highest BCUT2D eigenvalue weighted by Gasteiger charge is 2.28. The van der Waals surface area contributed by atoms with E-state index in [1.54, 1.807) is 4.90 Å². The van der Waals surface area contributed by atoms with Crippen LogP contribution in [-0.2, 0) is 0 Å². The molecule has 1 heterocycles. The van der Waals surface area contributed by atoms with Crippen molar-refractivity contribution in [3.63, 3.8) is 0 Å². The Bertz CT molecular complexity index is 487. The van der Waals surface area contributed by atoms with Gasteiger partial charge in [-0.2, -0.15) is 0 Å². The molecule has 1 aromatic carbocycles. The minimum atomic E-state index is -1.02. The number of carbonyl (C=O) groups is 1. The Morgan fingerprint density at radius 2 is 2.05 bits per heavy atom. The van der Waals surface area contributed by atoms with Crippen molar-refractivity contribution in [2.45, 2.75) is 45.6 Å². The fourth-order valence-corrected chi connectivity index (χ4v) is 2.66. The van der Waals surface area contributed by atoms with E-state index in [1.165, 1.54) is 19.1 Å². The van der Waals surface area contributed by atoms with Crippen molar-refractivity contribution >= 4 is 5.91 Å². The van der Waals surface area contributed by atoms with Crippen LogP contribution < -0.4 is 0 Å². The zero-order chi connectivity index (χ0) is 14.0. The fourth-order valence-electron chi connectivity index (χ4n) is 2.66. The van der Waals surface area contributed by atoms with Gasteiger partial charge in [0.25, 0.3) is 5.91 Å². The normalized spacial score (nSPS) is 19.6. The number of likely N-dealkylation sites (tertiary alicyclic amines) is 1. The highest BCUT2D eigenvalue weighted by molar-refractivity contribution is 5.94. The van der Waals surface area contributed by atoms with E-state index in [4.69, 9.17) is 0 Å². The fraction of sp³-hybridized carbons (Fsp3) is 0.533. The number of nitrogens with zero attached hydrogens (tertiary/aromatic N) is 1. The lowest BCUT2D eigenvalue weighted by atomic mass is 9.98. The molecule has 0 aromatic heterocycles. The van der Waals surface area contributed by atoms with Crippen LogP contribution in [0, 0.1) is 18.6 Å². The van der Waals surface area contributed by atoms with Crippen molar-refractivity contribution in [3.8, 4) is 0 Å². The lowest BCUT2D eigenvalue weighted by molar-refractivity contribution is 0.0602. The molecule has 2 nitrogen and oxygen atoms in total. The average Bonchev–Trinajstić information content (AvgIpc) is 2.44. The SMILES string of the molecule is CC[C@H]1CCCCN1C(=O)c1ccc(C)c(F)c1F. The molecule has 2 rings (SSSR count). The molecule has 0 aliphatic carbocycles. The second-order valence-corrected chi connectivity index (χ2v) is 5.11. The Morgan fingerprint density at radius 3 is 2.74 bits per heavy atom. The van der Waals surface area contributed by atoms with Gasteiger partial charge in [0.2, 0.25) is 0 Å². The molecule has 0 bridgehead atoms. The highest BCUT2D eigenvalue weighted by atomic mass is 19.2. The second kappa shape index (κ2) is 5.68. The van der Waals surface area contributed by atoms with E-state index in [0.29, 0.717) is 6.54 Å². The first-order valence-electron chi connectivity index (χ1n) is 6.81. The predicted octanol–water partition coefficient (Wildman–Crippen LogP) is 3.68. The van der Waals surface area contributed by atoms with E-state index >= 15 is 0 Å². The monoisotopic (exact) mass is 267 g/mol. The van der Waals surface area contributed by atoms with Crippen molar-refractivity contribution in [1.82, 2.24) is 4.90 Å². The van der Waals surface area contributed by atoms with Gasteiger partial charge in [-0.3, -0.25) is 4.79 Å². The zero-order valence-electron chi connectivity index (χ0n) is 11.4. The van der Waals surface area contributed by atoms with Crippen LogP contribution in [0.1, 0.15) is 48.5 Å². The van der Waals surface area contributed by atoms with E-state index < -0.39 is 11.6 Å². The Kier molecular flexibility index (Phi) is 4.17. The van der Waals surface area contributed by atoms with Crippen LogP contribution in [0.3, 0.4) is 0 Å². The number of piperidine rings is 1. The number of aryl methyl sites for hydroxylation is 1. The van der Waals surface area contributed by atoms with Gasteiger partial charge >= 0.3 is 0 Å². The van der Waals surface area contributed by atoms with Crippen molar-refractivity contribution in [1.29, 1.82) is 0 Å². The van der Waals surface area contributed by atoms with E-state index in [2.05, 4.69) is 0 Å². The van der Waals surface area contributed by atoms with Gasteiger partial charge in [0, 0.05) is 12.6 Å². The van der Waals surface area contributed by atoms with Gasteiger partial charge in [-0.15, -0.1) is 0 Å². The van der Waals surface area contributed by atoms with Crippen molar-refractivity contribution in [2.24, 2.45) is 0 Å². The van der Waals surface area contributed by atoms with Crippen LogP contribution in [0.15, 0.2) is 12.1 Å². The van der Waals surface area contributed by atoms with Crippen LogP contribution in [0.2, 0.25) is 0 Å². The average molecular weight is 267 g/mol. The summed E-state index contributed by atoms with van der Waals surface area (Å²) in [5.41, 5.74) is 0.0724. The van der Waals surface area contributed by atoms with Gasteiger partial charge in [-0.25, -0.2) is 8.78 Å². The van der Waals surface area contributed by atoms with E-state index in [1.807, 2.05) is 6.92 Å². The van der Waals surface area contributed by atoms with Gasteiger partial charge in [0.15, 0.2) is 11.6 Å². The smallest absolute Gasteiger partial charge is 0.257 e. The maximum Gasteiger partial charge on any atom is 0.257 e. The second-order valence-electron chi connectivity index (χ2n) is 5.11. The summed E-state index contributed by atoms with van der Waals surface area (Å²) in [7, 11) is 0. The summed E-state index contributed by atoms with van der Waals surface area (Å²) in [5, 5.41) is 0. The lowest BCUT2D eigenvalue weighted by Crippen LogP contribution is -2.43. The zero-order valence-corrected chi connectivity index (χ0v) is 11.4. The first kappa shape index (κ1) is 14.0. The Hall–Kier alpha value is -1.45. The first-order valence-corrected chi connectivity index (χ1v) is 6.81. The minimum Gasteiger partial charge on any atom is -0.336 e. The molecule has 1 aromatic rings. The van der Waals surface area contributed by atoms with Crippen LogP contribution in [0.4, 0.5) is 8.78 Å². The number of carbonyl (C=O) groups excluding carboxylic acids is 1. The number of benzene rings is 1. The summed E-state index contributed by atoms with van der Waals surface area (Å²) in [6.45, 7) is 4.14. The number of rotatable bonds is 2. The van der Waals surface area contributed by atoms with Crippen molar-refractivity contribution < 1.29 is 13.6 Å². The molecule has 0 saturated carbocycles. The summed E-state index contributed by atoms with van der Waals surface area (Å²) >= 11 is 0. The molecule has 1 saturated heterocycles. The molecule has 4 heteroatoms. The Balaban J connectivity index is 2.31. The van der Waals surface area contributed by atoms with Gasteiger partial charge in [0.05, 0.1) is 5.56 Å². The molecule has 1 amide bonds. The summed E-state index contributed by atoms with van der Waals surface area (Å²) in [5.74, 6) is -2.33. The molecule has 1 aliphatic heterocycles. The summed E-state index contributed by atoms with van der Waals surface area (Å²) in [4.78, 5) is 14.1. The Labute approximate surface area is 112 Å². The quantitative estimate of drug-likeness (QED) is 0.800. The van der Waals surface area contributed by atoms with E-state index in [-0.39, 0.29) is 23.1 Å². The third-order valence-electron chi connectivity index (χ3n) is 3.87. The maximum absolute atomic E-state index is 13.9. The number of halogens is 2. The molecular weight excluding hydrogens is 248 g/mol. The van der Waals surface area contributed by atoms with Crippen LogP contribution >= 0.6 is 0 Å². The largest absolute Gasteiger partial charge is 0.336 e. The van der Waals surface area contributed by atoms with Crippen molar-refractivity contribution in [2.75, 3.05) is 6.54 Å². The molecule has 1 aliphatic rings. The number of hydrogen-bond donors (Lipinski definition) is 0. The third kappa shape index (κ3) is 2.62. The van der Waals surface area contributed by atoms with E-state index in [0.717, 1.165) is 25.7 Å². The molecule has 104 valence electrons. The van der Waals surface area contributed by atoms with E-state index in [9.17, 15) is 13.6 Å². The number of amides is 1. The summed E-state index contributed by atoms with van der Waals surface area (Å²) in [6, 6.07) is 2.98. The van der Waals surface area contributed by atoms with Gasteiger partial charge in [0.1, 0.15) is 0 Å². The summed E-state index contributed by atoms with van der Waals surface area (Å²) < 4.78 is 27.4. The summed E-state index contributed by atoms with van der Waals surface area (Å²) in [6.07, 6.45) is 3.81. The third-order valence-corrected chi connectivity index (χ3v) is 3.87. The molecule has 1 atom stereocenters. The van der Waals surface area contributed by atoms with Crippen LogP contribution in [0.25, 0.3) is 0 Å². The molecule has 19 heavy (non-hydrogen) atoms. The van der Waals surface area contributed by atoms with Gasteiger partial charge < -0.3 is 4.90 Å². The maximum atomic E-state index is 13.9. The molecule has 0 radical (unpaired) electrons. The van der Waals surface area contributed by atoms with Crippen LogP contribution in [-0.4, -0.2) is 23.4 Å². The van der Waals surface area contributed by atoms with Crippen molar-refractivity contribution in [3.05, 3.63) is 34.9 Å².